The quantitative estimate of drug-likeness (QED) is 0.397. The SMILES string of the molecule is C=CCNCC(=O)NC(C)CCCC(=O)O. The lowest BCUT2D eigenvalue weighted by Gasteiger charge is -2.13. The van der Waals surface area contributed by atoms with Gasteiger partial charge in [-0.2, -0.15) is 0 Å². The normalized spacial score (nSPS) is 11.8. The molecule has 0 aromatic heterocycles. The van der Waals surface area contributed by atoms with E-state index in [1.807, 2.05) is 6.92 Å². The van der Waals surface area contributed by atoms with Crippen molar-refractivity contribution in [1.29, 1.82) is 0 Å². The van der Waals surface area contributed by atoms with Crippen molar-refractivity contribution in [1.82, 2.24) is 10.6 Å². The third kappa shape index (κ3) is 9.21. The van der Waals surface area contributed by atoms with E-state index in [9.17, 15) is 9.59 Å². The first-order chi connectivity index (χ1) is 7.56. The van der Waals surface area contributed by atoms with E-state index in [1.54, 1.807) is 6.08 Å². The summed E-state index contributed by atoms with van der Waals surface area (Å²) in [7, 11) is 0. The van der Waals surface area contributed by atoms with Gasteiger partial charge in [-0.25, -0.2) is 0 Å². The average molecular weight is 228 g/mol. The molecule has 1 amide bonds. The van der Waals surface area contributed by atoms with Crippen LogP contribution in [0.4, 0.5) is 0 Å². The van der Waals surface area contributed by atoms with E-state index >= 15 is 0 Å². The molecular formula is C11H20N2O3. The van der Waals surface area contributed by atoms with Crippen LogP contribution in [0.2, 0.25) is 0 Å². The Morgan fingerprint density at radius 1 is 1.50 bits per heavy atom. The molecule has 0 bridgehead atoms. The van der Waals surface area contributed by atoms with Crippen LogP contribution >= 0.6 is 0 Å². The van der Waals surface area contributed by atoms with E-state index in [4.69, 9.17) is 5.11 Å². The zero-order valence-electron chi connectivity index (χ0n) is 9.66. The van der Waals surface area contributed by atoms with E-state index in [0.717, 1.165) is 0 Å². The van der Waals surface area contributed by atoms with Gasteiger partial charge in [-0.1, -0.05) is 6.08 Å². The zero-order chi connectivity index (χ0) is 12.4. The molecule has 0 aliphatic heterocycles. The summed E-state index contributed by atoms with van der Waals surface area (Å²) in [5, 5.41) is 14.1. The maximum absolute atomic E-state index is 11.3. The minimum absolute atomic E-state index is 0.0115. The highest BCUT2D eigenvalue weighted by molar-refractivity contribution is 5.78. The molecule has 0 rings (SSSR count). The van der Waals surface area contributed by atoms with E-state index in [-0.39, 0.29) is 24.9 Å². The molecule has 5 nitrogen and oxygen atoms in total. The number of hydrogen-bond acceptors (Lipinski definition) is 3. The Hall–Kier alpha value is -1.36. The lowest BCUT2D eigenvalue weighted by molar-refractivity contribution is -0.137. The molecule has 0 aliphatic carbocycles. The summed E-state index contributed by atoms with van der Waals surface area (Å²) >= 11 is 0. The maximum atomic E-state index is 11.3. The van der Waals surface area contributed by atoms with Crippen LogP contribution in [-0.4, -0.2) is 36.1 Å². The van der Waals surface area contributed by atoms with Gasteiger partial charge in [0, 0.05) is 19.0 Å². The number of hydrogen-bond donors (Lipinski definition) is 3. The molecule has 3 N–H and O–H groups in total. The van der Waals surface area contributed by atoms with Crippen LogP contribution in [0.1, 0.15) is 26.2 Å². The Morgan fingerprint density at radius 3 is 2.75 bits per heavy atom. The lowest BCUT2D eigenvalue weighted by Crippen LogP contribution is -2.39. The van der Waals surface area contributed by atoms with Crippen LogP contribution in [0.3, 0.4) is 0 Å². The number of rotatable bonds is 9. The molecule has 0 aromatic carbocycles. The van der Waals surface area contributed by atoms with Crippen molar-refractivity contribution in [3.63, 3.8) is 0 Å². The molecule has 1 atom stereocenters. The monoisotopic (exact) mass is 228 g/mol. The molecule has 5 heteroatoms. The average Bonchev–Trinajstić information content (AvgIpc) is 2.17. The van der Waals surface area contributed by atoms with Crippen LogP contribution in [0.25, 0.3) is 0 Å². The third-order valence-corrected chi connectivity index (χ3v) is 2.01. The molecule has 1 unspecified atom stereocenters. The first kappa shape index (κ1) is 14.6. The van der Waals surface area contributed by atoms with Gasteiger partial charge in [-0.3, -0.25) is 9.59 Å². The number of carboxylic acid groups (broad SMARTS) is 1. The van der Waals surface area contributed by atoms with Gasteiger partial charge < -0.3 is 15.7 Å². The summed E-state index contributed by atoms with van der Waals surface area (Å²) in [6, 6.07) is 0.0115. The fraction of sp³-hybridized carbons (Fsp3) is 0.636. The first-order valence-corrected chi connectivity index (χ1v) is 5.39. The highest BCUT2D eigenvalue weighted by atomic mass is 16.4. The summed E-state index contributed by atoms with van der Waals surface area (Å²) < 4.78 is 0. The molecule has 0 spiro atoms. The Labute approximate surface area is 95.9 Å². The molecule has 0 heterocycles. The van der Waals surface area contributed by atoms with Gasteiger partial charge in [0.15, 0.2) is 0 Å². The van der Waals surface area contributed by atoms with Gasteiger partial charge in [-0.05, 0) is 19.8 Å². The number of carboxylic acids is 1. The minimum atomic E-state index is -0.800. The molecule has 0 saturated heterocycles. The number of amides is 1. The van der Waals surface area contributed by atoms with Crippen molar-refractivity contribution in [3.05, 3.63) is 12.7 Å². The van der Waals surface area contributed by atoms with Crippen LogP contribution in [0, 0.1) is 0 Å². The second-order valence-corrected chi connectivity index (χ2v) is 3.67. The maximum Gasteiger partial charge on any atom is 0.303 e. The molecule has 0 fully saturated rings. The standard InChI is InChI=1S/C11H20N2O3/c1-3-7-12-8-10(14)13-9(2)5-4-6-11(15)16/h3,9,12H,1,4-8H2,2H3,(H,13,14)(H,15,16). The van der Waals surface area contributed by atoms with E-state index < -0.39 is 5.97 Å². The smallest absolute Gasteiger partial charge is 0.303 e. The van der Waals surface area contributed by atoms with E-state index in [2.05, 4.69) is 17.2 Å². The second-order valence-electron chi connectivity index (χ2n) is 3.67. The predicted molar refractivity (Wildman–Crippen MR) is 62.2 cm³/mol. The van der Waals surface area contributed by atoms with Gasteiger partial charge in [0.1, 0.15) is 0 Å². The molecule has 0 radical (unpaired) electrons. The summed E-state index contributed by atoms with van der Waals surface area (Å²) in [5.41, 5.74) is 0. The Bertz CT molecular complexity index is 241. The Morgan fingerprint density at radius 2 is 2.19 bits per heavy atom. The fourth-order valence-electron chi connectivity index (χ4n) is 1.25. The largest absolute Gasteiger partial charge is 0.481 e. The lowest BCUT2D eigenvalue weighted by atomic mass is 10.1. The highest BCUT2D eigenvalue weighted by Gasteiger charge is 2.07. The number of aliphatic carboxylic acids is 1. The highest BCUT2D eigenvalue weighted by Crippen LogP contribution is 1.99. The second kappa shape index (κ2) is 8.91. The number of carbonyl (C=O) groups is 2. The van der Waals surface area contributed by atoms with Crippen LogP contribution in [0.5, 0.6) is 0 Å². The van der Waals surface area contributed by atoms with Crippen LogP contribution < -0.4 is 10.6 Å². The van der Waals surface area contributed by atoms with E-state index in [1.165, 1.54) is 0 Å². The van der Waals surface area contributed by atoms with Gasteiger partial charge >= 0.3 is 5.97 Å². The van der Waals surface area contributed by atoms with Crippen molar-refractivity contribution in [2.45, 2.75) is 32.2 Å². The topological polar surface area (TPSA) is 78.4 Å². The number of carbonyl (C=O) groups excluding carboxylic acids is 1. The molecule has 0 aromatic rings. The first-order valence-electron chi connectivity index (χ1n) is 5.39. The predicted octanol–water partition coefficient (Wildman–Crippen LogP) is 0.522. The number of nitrogens with one attached hydrogen (secondary N) is 2. The molecule has 0 aliphatic rings. The van der Waals surface area contributed by atoms with Crippen molar-refractivity contribution in [2.24, 2.45) is 0 Å². The van der Waals surface area contributed by atoms with E-state index in [0.29, 0.717) is 19.4 Å². The van der Waals surface area contributed by atoms with Crippen molar-refractivity contribution in [3.8, 4) is 0 Å². The van der Waals surface area contributed by atoms with Crippen LogP contribution in [-0.2, 0) is 9.59 Å². The molecule has 0 saturated carbocycles. The Kier molecular flexibility index (Phi) is 8.15. The van der Waals surface area contributed by atoms with Gasteiger partial charge in [0.25, 0.3) is 0 Å². The van der Waals surface area contributed by atoms with Gasteiger partial charge in [0.05, 0.1) is 6.54 Å². The van der Waals surface area contributed by atoms with Crippen molar-refractivity contribution >= 4 is 11.9 Å². The van der Waals surface area contributed by atoms with Gasteiger partial charge in [-0.15, -0.1) is 6.58 Å². The fourth-order valence-corrected chi connectivity index (χ4v) is 1.25. The summed E-state index contributed by atoms with van der Waals surface area (Å²) in [6.45, 7) is 6.25. The summed E-state index contributed by atoms with van der Waals surface area (Å²) in [4.78, 5) is 21.6. The summed E-state index contributed by atoms with van der Waals surface area (Å²) in [6.07, 6.45) is 3.09. The van der Waals surface area contributed by atoms with Crippen molar-refractivity contribution < 1.29 is 14.7 Å². The van der Waals surface area contributed by atoms with Crippen molar-refractivity contribution in [2.75, 3.05) is 13.1 Å². The summed E-state index contributed by atoms with van der Waals surface area (Å²) in [5.74, 6) is -0.879. The molecule has 16 heavy (non-hydrogen) atoms. The Balaban J connectivity index is 3.53. The zero-order valence-corrected chi connectivity index (χ0v) is 9.66. The minimum Gasteiger partial charge on any atom is -0.481 e. The van der Waals surface area contributed by atoms with Crippen LogP contribution in [0.15, 0.2) is 12.7 Å². The molecule has 92 valence electrons. The van der Waals surface area contributed by atoms with Gasteiger partial charge in [0.2, 0.25) is 5.91 Å². The third-order valence-electron chi connectivity index (χ3n) is 2.01. The molecular weight excluding hydrogens is 208 g/mol.